The number of halogens is 1. The third-order valence-electron chi connectivity index (χ3n) is 1.42. The molecule has 0 N–H and O–H groups in total. The Morgan fingerprint density at radius 1 is 1.20 bits per heavy atom. The van der Waals surface area contributed by atoms with Gasteiger partial charge in [-0.2, -0.15) is 0 Å². The van der Waals surface area contributed by atoms with Gasteiger partial charge in [-0.1, -0.05) is 52.9 Å². The van der Waals surface area contributed by atoms with Gasteiger partial charge in [0.25, 0.3) is 0 Å². The van der Waals surface area contributed by atoms with Crippen molar-refractivity contribution in [3.05, 3.63) is 34.7 Å². The van der Waals surface area contributed by atoms with E-state index < -0.39 is 0 Å². The van der Waals surface area contributed by atoms with E-state index in [1.54, 1.807) is 0 Å². The van der Waals surface area contributed by atoms with Crippen molar-refractivity contribution in [1.29, 1.82) is 0 Å². The molecule has 0 fully saturated rings. The summed E-state index contributed by atoms with van der Waals surface area (Å²) in [5, 5.41) is 2.60. The van der Waals surface area contributed by atoms with Crippen molar-refractivity contribution in [2.75, 3.05) is 0 Å². The second-order valence-corrected chi connectivity index (χ2v) is 2.65. The van der Waals surface area contributed by atoms with Gasteiger partial charge in [-0.15, -0.1) is 0 Å². The molecule has 52 valence electrons. The molecule has 0 saturated heterocycles. The van der Waals surface area contributed by atoms with Crippen LogP contribution in [0.1, 0.15) is 6.92 Å². The molecule has 1 heteroatoms. The van der Waals surface area contributed by atoms with E-state index in [1.165, 1.54) is 10.4 Å². The van der Waals surface area contributed by atoms with Crippen molar-refractivity contribution in [2.45, 2.75) is 6.92 Å². The molecular formula is C9H9I. The average molecular weight is 244 g/mol. The Morgan fingerprint density at radius 3 is 2.20 bits per heavy atom. The Bertz CT molecular complexity index is 279. The quantitative estimate of drug-likeness (QED) is 0.609. The summed E-state index contributed by atoms with van der Waals surface area (Å²) in [6.07, 6.45) is 2.12. The molecule has 0 atom stereocenters. The first-order chi connectivity index (χ1) is 4.88. The highest BCUT2D eigenvalue weighted by molar-refractivity contribution is 14.1. The minimum Gasteiger partial charge on any atom is -0.0798 e. The normalized spacial score (nSPS) is 14.2. The van der Waals surface area contributed by atoms with Gasteiger partial charge >= 0.3 is 0 Å². The maximum Gasteiger partial charge on any atom is -0.0127 e. The fourth-order valence-electron chi connectivity index (χ4n) is 0.873. The van der Waals surface area contributed by atoms with E-state index in [4.69, 9.17) is 0 Å². The van der Waals surface area contributed by atoms with E-state index in [9.17, 15) is 0 Å². The molecule has 0 unspecified atom stereocenters. The first-order valence-corrected chi connectivity index (χ1v) is 4.45. The zero-order valence-corrected chi connectivity index (χ0v) is 8.00. The topological polar surface area (TPSA) is 0 Å². The number of rotatable bonds is 0. The van der Waals surface area contributed by atoms with Gasteiger partial charge in [0.15, 0.2) is 0 Å². The van der Waals surface area contributed by atoms with Gasteiger partial charge in [-0.25, -0.2) is 0 Å². The largest absolute Gasteiger partial charge is 0.0798 e. The van der Waals surface area contributed by atoms with E-state index in [2.05, 4.69) is 63.9 Å². The highest BCUT2D eigenvalue weighted by Crippen LogP contribution is 1.79. The predicted octanol–water partition coefficient (Wildman–Crippen LogP) is 1.66. The second-order valence-electron chi connectivity index (χ2n) is 2.03. The average Bonchev–Trinajstić information content (AvgIpc) is 2.04. The summed E-state index contributed by atoms with van der Waals surface area (Å²) in [4.78, 5) is 0. The summed E-state index contributed by atoms with van der Waals surface area (Å²) in [7, 11) is 0. The summed E-state index contributed by atoms with van der Waals surface area (Å²) >= 11 is 2.26. The third kappa shape index (κ3) is 1.59. The van der Waals surface area contributed by atoms with Crippen molar-refractivity contribution in [2.24, 2.45) is 0 Å². The highest BCUT2D eigenvalue weighted by Gasteiger charge is 1.77. The van der Waals surface area contributed by atoms with Gasteiger partial charge in [0.05, 0.1) is 0 Å². The summed E-state index contributed by atoms with van der Waals surface area (Å²) in [6.45, 7) is 2.05. The van der Waals surface area contributed by atoms with Crippen LogP contribution >= 0.6 is 22.6 Å². The van der Waals surface area contributed by atoms with Crippen LogP contribution in [0.15, 0.2) is 24.3 Å². The summed E-state index contributed by atoms with van der Waals surface area (Å²) in [5.41, 5.74) is 0. The van der Waals surface area contributed by atoms with Gasteiger partial charge < -0.3 is 0 Å². The van der Waals surface area contributed by atoms with Crippen LogP contribution in [0.4, 0.5) is 0 Å². The lowest BCUT2D eigenvalue weighted by molar-refractivity contribution is 1.52. The molecule has 0 bridgehead atoms. The third-order valence-corrected chi connectivity index (χ3v) is 2.10. The van der Waals surface area contributed by atoms with Crippen LogP contribution in [0.25, 0.3) is 10.2 Å². The van der Waals surface area contributed by atoms with Crippen molar-refractivity contribution in [3.63, 3.8) is 0 Å². The lowest BCUT2D eigenvalue weighted by Gasteiger charge is -1.84. The van der Waals surface area contributed by atoms with E-state index in [-0.39, 0.29) is 0 Å². The SMILES string of the molecule is C/C=c1/cccc/c1=C/I. The van der Waals surface area contributed by atoms with Crippen LogP contribution in [0.3, 0.4) is 0 Å². The van der Waals surface area contributed by atoms with Gasteiger partial charge in [0, 0.05) is 0 Å². The Labute approximate surface area is 74.4 Å². The first-order valence-electron chi connectivity index (χ1n) is 3.20. The van der Waals surface area contributed by atoms with Crippen LogP contribution in [-0.4, -0.2) is 0 Å². The number of hydrogen-bond acceptors (Lipinski definition) is 0. The van der Waals surface area contributed by atoms with Gasteiger partial charge in [-0.05, 0) is 21.4 Å². The van der Waals surface area contributed by atoms with E-state index >= 15 is 0 Å². The van der Waals surface area contributed by atoms with Crippen LogP contribution in [-0.2, 0) is 0 Å². The maximum absolute atomic E-state index is 2.26. The maximum atomic E-state index is 2.26. The molecule has 0 saturated carbocycles. The smallest absolute Gasteiger partial charge is 0.0127 e. The molecule has 0 aliphatic rings. The zero-order valence-electron chi connectivity index (χ0n) is 5.84. The molecular weight excluding hydrogens is 235 g/mol. The van der Waals surface area contributed by atoms with Crippen molar-refractivity contribution >= 4 is 32.7 Å². The summed E-state index contributed by atoms with van der Waals surface area (Å²) < 4.78 is 2.09. The van der Waals surface area contributed by atoms with Crippen LogP contribution in [0.2, 0.25) is 0 Å². The first kappa shape index (κ1) is 7.79. The minimum absolute atomic E-state index is 1.30. The van der Waals surface area contributed by atoms with E-state index in [1.807, 2.05) is 0 Å². The van der Waals surface area contributed by atoms with Crippen molar-refractivity contribution in [3.8, 4) is 0 Å². The molecule has 0 aromatic heterocycles. The number of benzene rings is 1. The fraction of sp³-hybridized carbons (Fsp3) is 0.111. The molecule has 0 nitrogen and oxygen atoms in total. The minimum atomic E-state index is 1.30. The molecule has 10 heavy (non-hydrogen) atoms. The lowest BCUT2D eigenvalue weighted by atomic mass is 10.2. The van der Waals surface area contributed by atoms with Crippen LogP contribution < -0.4 is 10.4 Å². The molecule has 0 radical (unpaired) electrons. The molecule has 1 rings (SSSR count). The Morgan fingerprint density at radius 2 is 1.80 bits per heavy atom. The molecule has 0 heterocycles. The van der Waals surface area contributed by atoms with Gasteiger partial charge in [-0.3, -0.25) is 0 Å². The molecule has 1 aromatic carbocycles. The molecule has 0 amide bonds. The zero-order chi connectivity index (χ0) is 7.40. The van der Waals surface area contributed by atoms with Crippen molar-refractivity contribution < 1.29 is 0 Å². The van der Waals surface area contributed by atoms with Crippen molar-refractivity contribution in [1.82, 2.24) is 0 Å². The Kier molecular flexibility index (Phi) is 2.93. The Hall–Kier alpha value is -0.310. The molecule has 0 aliphatic carbocycles. The monoisotopic (exact) mass is 244 g/mol. The van der Waals surface area contributed by atoms with E-state index in [0.717, 1.165) is 0 Å². The Balaban J connectivity index is 3.53. The fourth-order valence-corrected chi connectivity index (χ4v) is 1.44. The molecule has 0 aliphatic heterocycles. The van der Waals surface area contributed by atoms with E-state index in [0.29, 0.717) is 0 Å². The molecule has 0 spiro atoms. The number of hydrogen-bond donors (Lipinski definition) is 0. The van der Waals surface area contributed by atoms with Crippen LogP contribution in [0, 0.1) is 0 Å². The summed E-state index contributed by atoms with van der Waals surface area (Å²) in [5.74, 6) is 0. The van der Waals surface area contributed by atoms with Gasteiger partial charge in [0.1, 0.15) is 0 Å². The standard InChI is InChI=1S/C9H9I/c1-2-8-5-3-4-6-9(8)7-10/h2-7H,1H3/b8-2-,9-7-. The lowest BCUT2D eigenvalue weighted by Crippen LogP contribution is -2.21. The predicted molar refractivity (Wildman–Crippen MR) is 54.3 cm³/mol. The highest BCUT2D eigenvalue weighted by atomic mass is 127. The molecule has 1 aromatic rings. The summed E-state index contributed by atoms with van der Waals surface area (Å²) in [6, 6.07) is 8.34. The van der Waals surface area contributed by atoms with Gasteiger partial charge in [0.2, 0.25) is 0 Å². The second kappa shape index (κ2) is 3.76. The van der Waals surface area contributed by atoms with Crippen LogP contribution in [0.5, 0.6) is 0 Å².